The maximum Gasteiger partial charge on any atom is 0.150 e. The molecule has 0 aliphatic carbocycles. The molecule has 0 spiro atoms. The van der Waals surface area contributed by atoms with E-state index in [0.29, 0.717) is 12.0 Å². The summed E-state index contributed by atoms with van der Waals surface area (Å²) in [6, 6.07) is 13.7. The summed E-state index contributed by atoms with van der Waals surface area (Å²) in [6.45, 7) is 15.1. The Hall–Kier alpha value is -2.13. The van der Waals surface area contributed by atoms with Gasteiger partial charge in [-0.2, -0.15) is 0 Å². The third kappa shape index (κ3) is 4.24. The number of hydrogen-bond acceptors (Lipinski definition) is 3. The molecular weight excluding hydrogens is 332 g/mol. The van der Waals surface area contributed by atoms with Crippen LogP contribution in [0.3, 0.4) is 0 Å². The highest BCUT2D eigenvalue weighted by Gasteiger charge is 2.23. The third-order valence-corrected chi connectivity index (χ3v) is 6.00. The van der Waals surface area contributed by atoms with Crippen LogP contribution in [-0.2, 0) is 0 Å². The summed E-state index contributed by atoms with van der Waals surface area (Å²) in [5.74, 6) is 0.579. The monoisotopic (exact) mass is 364 g/mol. The van der Waals surface area contributed by atoms with Gasteiger partial charge in [-0.3, -0.25) is 9.69 Å². The highest BCUT2D eigenvalue weighted by Crippen LogP contribution is 2.28. The highest BCUT2D eigenvalue weighted by molar-refractivity contribution is 5.79. The second-order valence-electron chi connectivity index (χ2n) is 8.13. The molecule has 0 unspecified atom stereocenters. The number of aldehydes is 1. The zero-order chi connectivity index (χ0) is 19.6. The van der Waals surface area contributed by atoms with Crippen LogP contribution in [0.2, 0.25) is 0 Å². The van der Waals surface area contributed by atoms with Gasteiger partial charge >= 0.3 is 0 Å². The van der Waals surface area contributed by atoms with Crippen molar-refractivity contribution >= 4 is 12.0 Å². The van der Waals surface area contributed by atoms with Gasteiger partial charge in [0.1, 0.15) is 6.29 Å². The van der Waals surface area contributed by atoms with Crippen molar-refractivity contribution < 1.29 is 4.79 Å². The molecule has 3 heteroatoms. The van der Waals surface area contributed by atoms with Crippen LogP contribution in [0.5, 0.6) is 0 Å². The number of hydrogen-bond donors (Lipinski definition) is 0. The van der Waals surface area contributed by atoms with E-state index < -0.39 is 0 Å². The molecule has 0 N–H and O–H groups in total. The smallest absolute Gasteiger partial charge is 0.150 e. The van der Waals surface area contributed by atoms with Crippen molar-refractivity contribution in [3.8, 4) is 0 Å². The molecule has 1 heterocycles. The summed E-state index contributed by atoms with van der Waals surface area (Å²) in [4.78, 5) is 16.2. The number of rotatable bonds is 5. The summed E-state index contributed by atoms with van der Waals surface area (Å²) in [6.07, 6.45) is 0.955. The van der Waals surface area contributed by atoms with Crippen molar-refractivity contribution in [2.75, 3.05) is 31.1 Å². The van der Waals surface area contributed by atoms with Crippen molar-refractivity contribution in [3.05, 3.63) is 64.2 Å². The van der Waals surface area contributed by atoms with E-state index in [9.17, 15) is 4.79 Å². The lowest BCUT2D eigenvalue weighted by atomic mass is 9.98. The van der Waals surface area contributed by atoms with Crippen molar-refractivity contribution in [3.63, 3.8) is 0 Å². The first-order valence-corrected chi connectivity index (χ1v) is 10.1. The number of anilines is 1. The van der Waals surface area contributed by atoms with Gasteiger partial charge in [0.25, 0.3) is 0 Å². The fraction of sp³-hybridized carbons (Fsp3) is 0.458. The largest absolute Gasteiger partial charge is 0.369 e. The van der Waals surface area contributed by atoms with Gasteiger partial charge in [-0.05, 0) is 61.1 Å². The fourth-order valence-electron chi connectivity index (χ4n) is 4.01. The van der Waals surface area contributed by atoms with E-state index in [2.05, 4.69) is 67.8 Å². The molecule has 1 aliphatic heterocycles. The first kappa shape index (κ1) is 19.6. The first-order valence-electron chi connectivity index (χ1n) is 10.1. The zero-order valence-corrected chi connectivity index (χ0v) is 17.3. The van der Waals surface area contributed by atoms with E-state index in [1.807, 2.05) is 13.0 Å². The number of carbonyl (C=O) groups is 1. The molecular formula is C24H32N2O. The molecule has 27 heavy (non-hydrogen) atoms. The Bertz CT molecular complexity index is 787. The molecule has 1 atom stereocenters. The molecule has 0 bridgehead atoms. The Morgan fingerprint density at radius 2 is 1.44 bits per heavy atom. The lowest BCUT2D eigenvalue weighted by molar-refractivity contribution is 0.112. The maximum atomic E-state index is 11.2. The molecule has 3 rings (SSSR count). The SMILES string of the molecule is Cc1cc(N2CCN([C@H](C)c3ccc(C(C)C)cc3)CC2)c(C)cc1C=O. The van der Waals surface area contributed by atoms with Crippen molar-refractivity contribution in [2.45, 2.75) is 46.6 Å². The van der Waals surface area contributed by atoms with Crippen LogP contribution in [0, 0.1) is 13.8 Å². The molecule has 3 nitrogen and oxygen atoms in total. The van der Waals surface area contributed by atoms with E-state index in [-0.39, 0.29) is 0 Å². The van der Waals surface area contributed by atoms with Crippen LogP contribution in [0.1, 0.15) is 65.3 Å². The minimum atomic E-state index is 0.439. The number of benzene rings is 2. The van der Waals surface area contributed by atoms with Crippen LogP contribution in [-0.4, -0.2) is 37.4 Å². The molecule has 0 radical (unpaired) electrons. The van der Waals surface area contributed by atoms with Crippen LogP contribution >= 0.6 is 0 Å². The Labute approximate surface area is 164 Å². The third-order valence-electron chi connectivity index (χ3n) is 6.00. The topological polar surface area (TPSA) is 23.6 Å². The van der Waals surface area contributed by atoms with Gasteiger partial charge in [-0.1, -0.05) is 38.1 Å². The second-order valence-corrected chi connectivity index (χ2v) is 8.13. The fourth-order valence-corrected chi connectivity index (χ4v) is 4.01. The van der Waals surface area contributed by atoms with Gasteiger partial charge in [-0.25, -0.2) is 0 Å². The van der Waals surface area contributed by atoms with E-state index in [1.165, 1.54) is 22.4 Å². The van der Waals surface area contributed by atoms with E-state index in [4.69, 9.17) is 0 Å². The first-order chi connectivity index (χ1) is 12.9. The normalized spacial score (nSPS) is 16.6. The van der Waals surface area contributed by atoms with Crippen LogP contribution in [0.25, 0.3) is 0 Å². The average molecular weight is 365 g/mol. The molecule has 0 aromatic heterocycles. The summed E-state index contributed by atoms with van der Waals surface area (Å²) < 4.78 is 0. The molecule has 2 aromatic rings. The van der Waals surface area contributed by atoms with Gasteiger partial charge < -0.3 is 4.90 Å². The minimum Gasteiger partial charge on any atom is -0.369 e. The standard InChI is InChI=1S/C24H32N2O/c1-17(2)21-6-8-22(9-7-21)20(5)25-10-12-26(13-11-25)24-15-18(3)23(16-27)14-19(24)4/h6-9,14-17,20H,10-13H2,1-5H3/t20-/m1/s1. The Morgan fingerprint density at radius 1 is 0.852 bits per heavy atom. The maximum absolute atomic E-state index is 11.2. The minimum absolute atomic E-state index is 0.439. The van der Waals surface area contributed by atoms with Crippen LogP contribution in [0.4, 0.5) is 5.69 Å². The van der Waals surface area contributed by atoms with E-state index >= 15 is 0 Å². The molecule has 144 valence electrons. The quantitative estimate of drug-likeness (QED) is 0.688. The van der Waals surface area contributed by atoms with Gasteiger partial charge in [0.15, 0.2) is 0 Å². The summed E-state index contributed by atoms with van der Waals surface area (Å²) in [7, 11) is 0. The Morgan fingerprint density at radius 3 is 2.00 bits per heavy atom. The summed E-state index contributed by atoms with van der Waals surface area (Å²) in [5, 5.41) is 0. The Kier molecular flexibility index (Phi) is 6.01. The molecule has 1 fully saturated rings. The van der Waals surface area contributed by atoms with Crippen LogP contribution < -0.4 is 4.90 Å². The molecule has 2 aromatic carbocycles. The van der Waals surface area contributed by atoms with E-state index in [0.717, 1.165) is 43.6 Å². The Balaban J connectivity index is 1.66. The van der Waals surface area contributed by atoms with Gasteiger partial charge in [0, 0.05) is 43.5 Å². The average Bonchev–Trinajstić information content (AvgIpc) is 2.69. The number of nitrogens with zero attached hydrogens (tertiary/aromatic N) is 2. The number of piperazine rings is 1. The van der Waals surface area contributed by atoms with Crippen molar-refractivity contribution in [2.24, 2.45) is 0 Å². The molecule has 0 amide bonds. The highest BCUT2D eigenvalue weighted by atomic mass is 16.1. The summed E-state index contributed by atoms with van der Waals surface area (Å²) >= 11 is 0. The van der Waals surface area contributed by atoms with Gasteiger partial charge in [-0.15, -0.1) is 0 Å². The van der Waals surface area contributed by atoms with Crippen molar-refractivity contribution in [1.29, 1.82) is 0 Å². The number of aryl methyl sites for hydroxylation is 2. The number of carbonyl (C=O) groups excluding carboxylic acids is 1. The molecule has 1 aliphatic rings. The predicted octanol–water partition coefficient (Wildman–Crippen LogP) is 5.12. The van der Waals surface area contributed by atoms with Gasteiger partial charge in [0.05, 0.1) is 0 Å². The van der Waals surface area contributed by atoms with Crippen molar-refractivity contribution in [1.82, 2.24) is 4.90 Å². The lowest BCUT2D eigenvalue weighted by Gasteiger charge is -2.40. The zero-order valence-electron chi connectivity index (χ0n) is 17.3. The van der Waals surface area contributed by atoms with E-state index in [1.54, 1.807) is 0 Å². The molecule has 1 saturated heterocycles. The second kappa shape index (κ2) is 8.26. The summed E-state index contributed by atoms with van der Waals surface area (Å²) in [5.41, 5.74) is 7.12. The van der Waals surface area contributed by atoms with Crippen LogP contribution in [0.15, 0.2) is 36.4 Å². The molecule has 0 saturated carbocycles. The lowest BCUT2D eigenvalue weighted by Crippen LogP contribution is -2.47. The predicted molar refractivity (Wildman–Crippen MR) is 114 cm³/mol. The van der Waals surface area contributed by atoms with Gasteiger partial charge in [0.2, 0.25) is 0 Å².